The van der Waals surface area contributed by atoms with Gasteiger partial charge in [0.2, 0.25) is 5.91 Å². The van der Waals surface area contributed by atoms with Gasteiger partial charge in [0.05, 0.1) is 4.92 Å². The lowest BCUT2D eigenvalue weighted by atomic mass is 10.2. The van der Waals surface area contributed by atoms with Gasteiger partial charge >= 0.3 is 0 Å². The first-order valence-electron chi connectivity index (χ1n) is 10.2. The van der Waals surface area contributed by atoms with Crippen LogP contribution in [-0.2, 0) is 11.3 Å². The van der Waals surface area contributed by atoms with Gasteiger partial charge in [0, 0.05) is 37.7 Å². The minimum Gasteiger partial charge on any atom is -0.492 e. The van der Waals surface area contributed by atoms with Crippen molar-refractivity contribution in [1.82, 2.24) is 10.2 Å². The molecule has 2 rings (SSSR count). The smallest absolute Gasteiger partial charge is 0.292 e. The molecular formula is C22H30N4O4. The van der Waals surface area contributed by atoms with Crippen LogP contribution in [0.25, 0.3) is 0 Å². The Bertz CT molecular complexity index is 824. The van der Waals surface area contributed by atoms with Crippen LogP contribution in [0, 0.1) is 10.1 Å². The van der Waals surface area contributed by atoms with Crippen LogP contribution in [0.1, 0.15) is 25.8 Å². The molecule has 8 heteroatoms. The summed E-state index contributed by atoms with van der Waals surface area (Å²) in [5.74, 6) is 0.627. The van der Waals surface area contributed by atoms with Crippen LogP contribution in [0.15, 0.2) is 48.5 Å². The molecule has 0 saturated carbocycles. The summed E-state index contributed by atoms with van der Waals surface area (Å²) in [6.07, 6.45) is 0.205. The number of hydrogen-bond acceptors (Lipinski definition) is 6. The summed E-state index contributed by atoms with van der Waals surface area (Å²) in [5.41, 5.74) is 1.31. The zero-order valence-corrected chi connectivity index (χ0v) is 17.6. The number of nitrogens with zero attached hydrogens (tertiary/aromatic N) is 2. The number of benzene rings is 2. The van der Waals surface area contributed by atoms with Gasteiger partial charge in [0.15, 0.2) is 0 Å². The lowest BCUT2D eigenvalue weighted by Gasteiger charge is -2.19. The van der Waals surface area contributed by atoms with Crippen LogP contribution in [0.4, 0.5) is 11.4 Å². The van der Waals surface area contributed by atoms with E-state index < -0.39 is 4.92 Å². The van der Waals surface area contributed by atoms with Crippen molar-refractivity contribution >= 4 is 17.3 Å². The molecular weight excluding hydrogens is 384 g/mol. The Balaban J connectivity index is 1.79. The summed E-state index contributed by atoms with van der Waals surface area (Å²) in [4.78, 5) is 25.1. The molecule has 8 nitrogen and oxygen atoms in total. The van der Waals surface area contributed by atoms with Gasteiger partial charge in [-0.3, -0.25) is 14.9 Å². The minimum absolute atomic E-state index is 0.00584. The van der Waals surface area contributed by atoms with E-state index in [1.165, 1.54) is 6.07 Å². The summed E-state index contributed by atoms with van der Waals surface area (Å²) in [6.45, 7) is 8.33. The average Bonchev–Trinajstić information content (AvgIpc) is 2.76. The van der Waals surface area contributed by atoms with Gasteiger partial charge in [0.25, 0.3) is 5.69 Å². The number of carbonyl (C=O) groups excluding carboxylic acids is 1. The van der Waals surface area contributed by atoms with E-state index in [9.17, 15) is 14.9 Å². The quantitative estimate of drug-likeness (QED) is 0.385. The molecule has 0 aromatic heterocycles. The molecule has 0 heterocycles. The number of ether oxygens (including phenoxy) is 1. The van der Waals surface area contributed by atoms with Crippen LogP contribution in [0.5, 0.6) is 5.75 Å². The summed E-state index contributed by atoms with van der Waals surface area (Å²) in [6, 6.07) is 14.0. The molecule has 0 spiro atoms. The monoisotopic (exact) mass is 414 g/mol. The van der Waals surface area contributed by atoms with Crippen LogP contribution in [0.2, 0.25) is 0 Å². The molecule has 1 amide bonds. The normalized spacial score (nSPS) is 10.6. The molecule has 0 saturated heterocycles. The number of nitrogens with one attached hydrogen (secondary N) is 2. The highest BCUT2D eigenvalue weighted by Crippen LogP contribution is 2.23. The largest absolute Gasteiger partial charge is 0.492 e. The van der Waals surface area contributed by atoms with E-state index in [-0.39, 0.29) is 18.0 Å². The molecule has 30 heavy (non-hydrogen) atoms. The van der Waals surface area contributed by atoms with Crippen molar-refractivity contribution in [2.24, 2.45) is 0 Å². The van der Waals surface area contributed by atoms with Crippen molar-refractivity contribution in [2.45, 2.75) is 26.8 Å². The first-order chi connectivity index (χ1) is 14.5. The van der Waals surface area contributed by atoms with Gasteiger partial charge in [-0.2, -0.15) is 0 Å². The third-order valence-corrected chi connectivity index (χ3v) is 4.78. The molecule has 0 atom stereocenters. The second-order valence-electron chi connectivity index (χ2n) is 6.71. The number of hydrogen-bond donors (Lipinski definition) is 2. The lowest BCUT2D eigenvalue weighted by Crippen LogP contribution is -2.28. The molecule has 0 fully saturated rings. The van der Waals surface area contributed by atoms with Gasteiger partial charge in [-0.25, -0.2) is 0 Å². The summed E-state index contributed by atoms with van der Waals surface area (Å²) in [7, 11) is 0. The van der Waals surface area contributed by atoms with E-state index in [1.54, 1.807) is 18.2 Å². The lowest BCUT2D eigenvalue weighted by molar-refractivity contribution is -0.384. The SMILES string of the molecule is CCN(CC)CCOc1ccccc1CNC(=O)CCNc1ccccc1[N+](=O)[O-]. The van der Waals surface area contributed by atoms with Crippen LogP contribution < -0.4 is 15.4 Å². The first kappa shape index (κ1) is 23.2. The first-order valence-corrected chi connectivity index (χ1v) is 10.2. The molecule has 2 aromatic rings. The zero-order chi connectivity index (χ0) is 21.8. The molecule has 0 radical (unpaired) electrons. The Hall–Kier alpha value is -3.13. The van der Waals surface area contributed by atoms with E-state index >= 15 is 0 Å². The maximum atomic E-state index is 12.2. The van der Waals surface area contributed by atoms with E-state index in [0.29, 0.717) is 25.4 Å². The highest BCUT2D eigenvalue weighted by molar-refractivity contribution is 5.76. The van der Waals surface area contributed by atoms with Gasteiger partial charge < -0.3 is 20.3 Å². The second-order valence-corrected chi connectivity index (χ2v) is 6.71. The van der Waals surface area contributed by atoms with Crippen molar-refractivity contribution in [3.8, 4) is 5.75 Å². The predicted molar refractivity (Wildman–Crippen MR) is 118 cm³/mol. The number of rotatable bonds is 13. The Labute approximate surface area is 177 Å². The number of para-hydroxylation sites is 3. The van der Waals surface area contributed by atoms with Crippen LogP contribution >= 0.6 is 0 Å². The third-order valence-electron chi connectivity index (χ3n) is 4.78. The van der Waals surface area contributed by atoms with E-state index in [2.05, 4.69) is 29.4 Å². The zero-order valence-electron chi connectivity index (χ0n) is 17.6. The van der Waals surface area contributed by atoms with Gasteiger partial charge in [-0.05, 0) is 25.2 Å². The van der Waals surface area contributed by atoms with Crippen LogP contribution in [-0.4, -0.2) is 48.5 Å². The van der Waals surface area contributed by atoms with Crippen molar-refractivity contribution in [2.75, 3.05) is 38.1 Å². The fourth-order valence-electron chi connectivity index (χ4n) is 2.99. The standard InChI is InChI=1S/C22H30N4O4/c1-3-25(4-2)15-16-30-21-12-8-5-9-18(21)17-24-22(27)13-14-23-19-10-6-7-11-20(19)26(28)29/h5-12,23H,3-4,13-17H2,1-2H3,(H,24,27). The molecule has 0 unspecified atom stereocenters. The Kier molecular flexibility index (Phi) is 9.60. The number of nitro benzene ring substituents is 1. The van der Waals surface area contributed by atoms with Gasteiger partial charge in [0.1, 0.15) is 18.0 Å². The van der Waals surface area contributed by atoms with E-state index in [0.717, 1.165) is 30.9 Å². The molecule has 0 aliphatic rings. The number of carbonyl (C=O) groups is 1. The number of likely N-dealkylation sites (N-methyl/N-ethyl adjacent to an activating group) is 1. The summed E-state index contributed by atoms with van der Waals surface area (Å²) >= 11 is 0. The molecule has 0 aliphatic heterocycles. The van der Waals surface area contributed by atoms with Crippen molar-refractivity contribution < 1.29 is 14.5 Å². The van der Waals surface area contributed by atoms with Crippen molar-refractivity contribution in [1.29, 1.82) is 0 Å². The maximum Gasteiger partial charge on any atom is 0.292 e. The second kappa shape index (κ2) is 12.4. The minimum atomic E-state index is -0.445. The van der Waals surface area contributed by atoms with E-state index in [1.807, 2.05) is 24.3 Å². The van der Waals surface area contributed by atoms with Crippen molar-refractivity contribution in [3.05, 3.63) is 64.2 Å². The molecule has 2 aromatic carbocycles. The van der Waals surface area contributed by atoms with E-state index in [4.69, 9.17) is 4.74 Å². The number of amides is 1. The highest BCUT2D eigenvalue weighted by Gasteiger charge is 2.12. The Morgan fingerprint density at radius 3 is 2.53 bits per heavy atom. The Morgan fingerprint density at radius 1 is 1.10 bits per heavy atom. The maximum absolute atomic E-state index is 12.2. The van der Waals surface area contributed by atoms with Crippen molar-refractivity contribution in [3.63, 3.8) is 0 Å². The molecule has 2 N–H and O–H groups in total. The highest BCUT2D eigenvalue weighted by atomic mass is 16.6. The topological polar surface area (TPSA) is 96.7 Å². The fourth-order valence-corrected chi connectivity index (χ4v) is 2.99. The average molecular weight is 415 g/mol. The van der Waals surface area contributed by atoms with Crippen LogP contribution in [0.3, 0.4) is 0 Å². The summed E-state index contributed by atoms with van der Waals surface area (Å²) < 4.78 is 5.91. The molecule has 0 bridgehead atoms. The predicted octanol–water partition coefficient (Wildman–Crippen LogP) is 3.43. The van der Waals surface area contributed by atoms with Gasteiger partial charge in [-0.15, -0.1) is 0 Å². The summed E-state index contributed by atoms with van der Waals surface area (Å²) in [5, 5.41) is 16.9. The third kappa shape index (κ3) is 7.36. The number of anilines is 1. The van der Waals surface area contributed by atoms with Gasteiger partial charge in [-0.1, -0.05) is 44.2 Å². The fraction of sp³-hybridized carbons (Fsp3) is 0.409. The number of nitro groups is 1. The Morgan fingerprint density at radius 2 is 1.80 bits per heavy atom. The molecule has 162 valence electrons. The molecule has 0 aliphatic carbocycles.